The number of nitrogens with zero attached hydrogens (tertiary/aromatic N) is 2. The van der Waals surface area contributed by atoms with E-state index in [1.165, 1.54) is 5.39 Å². The summed E-state index contributed by atoms with van der Waals surface area (Å²) in [5.74, 6) is 0. The molecule has 2 heterocycles. The molecule has 1 saturated heterocycles. The van der Waals surface area contributed by atoms with E-state index in [0.29, 0.717) is 11.6 Å². The molecule has 0 spiro atoms. The second-order valence-corrected chi connectivity index (χ2v) is 8.08. The Morgan fingerprint density at radius 2 is 1.82 bits per heavy atom. The Bertz CT molecular complexity index is 1350. The zero-order chi connectivity index (χ0) is 22.6. The van der Waals surface area contributed by atoms with Gasteiger partial charge in [0, 0.05) is 29.7 Å². The zero-order valence-corrected chi connectivity index (χ0v) is 18.5. The first-order chi connectivity index (χ1) is 16.2. The summed E-state index contributed by atoms with van der Waals surface area (Å²) in [6, 6.07) is 25.8. The highest BCUT2D eigenvalue weighted by Crippen LogP contribution is 2.35. The van der Waals surface area contributed by atoms with E-state index in [1.54, 1.807) is 23.5 Å². The van der Waals surface area contributed by atoms with Crippen molar-refractivity contribution in [1.29, 1.82) is 0 Å². The first-order valence-electron chi connectivity index (χ1n) is 10.6. The van der Waals surface area contributed by atoms with Crippen LogP contribution in [-0.2, 0) is 4.74 Å². The number of thiocarbonyl (C=S) groups is 1. The van der Waals surface area contributed by atoms with E-state index in [0.717, 1.165) is 27.8 Å². The summed E-state index contributed by atoms with van der Waals surface area (Å²) in [5, 5.41) is 5.48. The van der Waals surface area contributed by atoms with Crippen molar-refractivity contribution in [3.63, 3.8) is 0 Å². The van der Waals surface area contributed by atoms with Gasteiger partial charge in [-0.05, 0) is 34.5 Å². The number of rotatable bonds is 5. The van der Waals surface area contributed by atoms with Gasteiger partial charge in [0.25, 0.3) is 0 Å². The molecule has 1 fully saturated rings. The molecule has 1 atom stereocenters. The van der Waals surface area contributed by atoms with Crippen LogP contribution in [0, 0.1) is 0 Å². The molecule has 162 valence electrons. The van der Waals surface area contributed by atoms with E-state index in [2.05, 4.69) is 34.6 Å². The summed E-state index contributed by atoms with van der Waals surface area (Å²) in [6.07, 6.45) is 6.66. The first kappa shape index (κ1) is 20.8. The third-order valence-electron chi connectivity index (χ3n) is 5.63. The van der Waals surface area contributed by atoms with Crippen LogP contribution < -0.4 is 10.2 Å². The molecule has 0 bridgehead atoms. The number of pyridine rings is 1. The van der Waals surface area contributed by atoms with E-state index in [1.807, 2.05) is 60.7 Å². The number of carbonyl (C=O) groups is 1. The Kier molecular flexibility index (Phi) is 5.83. The SMILES string of the molecule is O=C1OC[C@@H](c2ccccc2)N1c1ccncc1/C=C/NC(=S)c1ccc2ccccc2c1. The molecule has 6 heteroatoms. The molecule has 1 aliphatic heterocycles. The van der Waals surface area contributed by atoms with Gasteiger partial charge in [-0.2, -0.15) is 0 Å². The van der Waals surface area contributed by atoms with Crippen LogP contribution in [0.15, 0.2) is 97.5 Å². The van der Waals surface area contributed by atoms with Crippen molar-refractivity contribution >= 4 is 45.8 Å². The van der Waals surface area contributed by atoms with E-state index >= 15 is 0 Å². The van der Waals surface area contributed by atoms with Gasteiger partial charge in [-0.1, -0.05) is 78.9 Å². The van der Waals surface area contributed by atoms with Crippen LogP contribution in [0.4, 0.5) is 10.5 Å². The van der Waals surface area contributed by atoms with Gasteiger partial charge in [0.15, 0.2) is 0 Å². The number of anilines is 1. The molecule has 5 nitrogen and oxygen atoms in total. The second kappa shape index (κ2) is 9.22. The van der Waals surface area contributed by atoms with Gasteiger partial charge in [0.1, 0.15) is 11.6 Å². The molecule has 33 heavy (non-hydrogen) atoms. The predicted octanol–water partition coefficient (Wildman–Crippen LogP) is 5.87. The number of fused-ring (bicyclic) bond motifs is 1. The maximum atomic E-state index is 12.6. The lowest BCUT2D eigenvalue weighted by molar-refractivity contribution is 0.179. The topological polar surface area (TPSA) is 54.5 Å². The van der Waals surface area contributed by atoms with Crippen molar-refractivity contribution in [2.24, 2.45) is 0 Å². The number of aromatic nitrogens is 1. The van der Waals surface area contributed by atoms with Crippen LogP contribution >= 0.6 is 12.2 Å². The smallest absolute Gasteiger partial charge is 0.415 e. The molecular formula is C27H21N3O2S. The Labute approximate surface area is 197 Å². The summed E-state index contributed by atoms with van der Waals surface area (Å²) in [4.78, 5) is 19.1. The number of nitrogens with one attached hydrogen (secondary N) is 1. The molecule has 0 saturated carbocycles. The number of benzene rings is 3. The quantitative estimate of drug-likeness (QED) is 0.385. The van der Waals surface area contributed by atoms with Crippen LogP contribution in [0.25, 0.3) is 16.8 Å². The molecular weight excluding hydrogens is 430 g/mol. The van der Waals surface area contributed by atoms with Crippen molar-refractivity contribution in [3.8, 4) is 0 Å². The highest BCUT2D eigenvalue weighted by atomic mass is 32.1. The molecule has 0 radical (unpaired) electrons. The summed E-state index contributed by atoms with van der Waals surface area (Å²) in [5.41, 5.74) is 3.47. The number of hydrogen-bond donors (Lipinski definition) is 1. The minimum Gasteiger partial charge on any atom is -0.447 e. The summed E-state index contributed by atoms with van der Waals surface area (Å²) in [7, 11) is 0. The highest BCUT2D eigenvalue weighted by molar-refractivity contribution is 7.80. The number of amides is 1. The summed E-state index contributed by atoms with van der Waals surface area (Å²) in [6.45, 7) is 0.304. The maximum Gasteiger partial charge on any atom is 0.415 e. The average Bonchev–Trinajstić information content (AvgIpc) is 3.25. The second-order valence-electron chi connectivity index (χ2n) is 7.68. The van der Waals surface area contributed by atoms with Crippen LogP contribution in [0.1, 0.15) is 22.7 Å². The molecule has 1 aliphatic rings. The third kappa shape index (κ3) is 4.33. The van der Waals surface area contributed by atoms with E-state index in [4.69, 9.17) is 17.0 Å². The normalized spacial score (nSPS) is 15.7. The largest absolute Gasteiger partial charge is 0.447 e. The molecule has 4 aromatic rings. The van der Waals surface area contributed by atoms with E-state index < -0.39 is 0 Å². The van der Waals surface area contributed by atoms with Gasteiger partial charge in [-0.15, -0.1) is 0 Å². The number of ether oxygens (including phenoxy) is 1. The fourth-order valence-corrected chi connectivity index (χ4v) is 4.17. The van der Waals surface area contributed by atoms with Gasteiger partial charge in [-0.3, -0.25) is 9.88 Å². The van der Waals surface area contributed by atoms with Crippen LogP contribution in [0.2, 0.25) is 0 Å². The Morgan fingerprint density at radius 1 is 1.03 bits per heavy atom. The minimum atomic E-state index is -0.371. The fraction of sp³-hybridized carbons (Fsp3) is 0.0741. The number of carbonyl (C=O) groups excluding carboxylic acids is 1. The molecule has 5 rings (SSSR count). The molecule has 0 aliphatic carbocycles. The van der Waals surface area contributed by atoms with Crippen molar-refractivity contribution in [2.75, 3.05) is 11.5 Å². The minimum absolute atomic E-state index is 0.195. The molecule has 3 aromatic carbocycles. The van der Waals surface area contributed by atoms with Crippen molar-refractivity contribution in [3.05, 3.63) is 114 Å². The lowest BCUT2D eigenvalue weighted by Crippen LogP contribution is -2.28. The number of cyclic esters (lactones) is 1. The van der Waals surface area contributed by atoms with Gasteiger partial charge in [0.05, 0.1) is 11.7 Å². The van der Waals surface area contributed by atoms with Crippen molar-refractivity contribution in [1.82, 2.24) is 10.3 Å². The molecule has 1 aromatic heterocycles. The molecule has 1 amide bonds. The maximum absolute atomic E-state index is 12.6. The predicted molar refractivity (Wildman–Crippen MR) is 135 cm³/mol. The van der Waals surface area contributed by atoms with Crippen LogP contribution in [0.5, 0.6) is 0 Å². The lowest BCUT2D eigenvalue weighted by Gasteiger charge is -2.23. The van der Waals surface area contributed by atoms with Crippen molar-refractivity contribution < 1.29 is 9.53 Å². The van der Waals surface area contributed by atoms with E-state index in [-0.39, 0.29) is 12.1 Å². The summed E-state index contributed by atoms with van der Waals surface area (Å²) < 4.78 is 5.38. The standard InChI is InChI=1S/C27H21N3O2S/c31-27-30(25(18-32-27)20-7-2-1-3-8-20)24-13-14-28-17-23(24)12-15-29-26(33)22-11-10-19-6-4-5-9-21(19)16-22/h1-17,25H,18H2,(H,29,33)/b15-12+/t25-/m0/s1. The van der Waals surface area contributed by atoms with Gasteiger partial charge < -0.3 is 10.1 Å². The van der Waals surface area contributed by atoms with Crippen molar-refractivity contribution in [2.45, 2.75) is 6.04 Å². The lowest BCUT2D eigenvalue weighted by atomic mass is 10.1. The van der Waals surface area contributed by atoms with Crippen LogP contribution in [-0.4, -0.2) is 22.7 Å². The van der Waals surface area contributed by atoms with Gasteiger partial charge in [-0.25, -0.2) is 4.79 Å². The molecule has 1 N–H and O–H groups in total. The van der Waals surface area contributed by atoms with Gasteiger partial charge in [0.2, 0.25) is 0 Å². The Hall–Kier alpha value is -4.03. The zero-order valence-electron chi connectivity index (χ0n) is 17.7. The number of hydrogen-bond acceptors (Lipinski definition) is 4. The fourth-order valence-electron chi connectivity index (χ4n) is 3.98. The average molecular weight is 452 g/mol. The highest BCUT2D eigenvalue weighted by Gasteiger charge is 2.36. The molecule has 0 unspecified atom stereocenters. The Balaban J connectivity index is 1.37. The van der Waals surface area contributed by atoms with Crippen LogP contribution in [0.3, 0.4) is 0 Å². The monoisotopic (exact) mass is 451 g/mol. The van der Waals surface area contributed by atoms with E-state index in [9.17, 15) is 4.79 Å². The van der Waals surface area contributed by atoms with Gasteiger partial charge >= 0.3 is 6.09 Å². The first-order valence-corrected chi connectivity index (χ1v) is 11.0. The summed E-state index contributed by atoms with van der Waals surface area (Å²) >= 11 is 5.58. The third-order valence-corrected chi connectivity index (χ3v) is 5.99. The Morgan fingerprint density at radius 3 is 2.67 bits per heavy atom.